The highest BCUT2D eigenvalue weighted by Gasteiger charge is 2.28. The lowest BCUT2D eigenvalue weighted by molar-refractivity contribution is -0.119. The van der Waals surface area contributed by atoms with Gasteiger partial charge in [0.25, 0.3) is 0 Å². The third kappa shape index (κ3) is 5.77. The summed E-state index contributed by atoms with van der Waals surface area (Å²) in [6, 6.07) is 12.1. The number of carbonyl (C=O) groups excluding carboxylic acids is 1. The third-order valence-corrected chi connectivity index (χ3v) is 6.27. The maximum absolute atomic E-state index is 12.1. The van der Waals surface area contributed by atoms with Gasteiger partial charge in [0.1, 0.15) is 11.5 Å². The molecule has 1 fully saturated rings. The molecule has 9 heteroatoms. The molecule has 1 saturated heterocycles. The number of anilines is 1. The first-order chi connectivity index (χ1) is 13.9. The molecule has 0 spiro atoms. The minimum absolute atomic E-state index is 0.00112. The zero-order valence-electron chi connectivity index (χ0n) is 16.3. The predicted molar refractivity (Wildman–Crippen MR) is 110 cm³/mol. The highest BCUT2D eigenvalue weighted by atomic mass is 32.2. The molecule has 1 amide bonds. The Morgan fingerprint density at radius 1 is 1.03 bits per heavy atom. The smallest absolute Gasteiger partial charge is 0.239 e. The maximum atomic E-state index is 12.1. The van der Waals surface area contributed by atoms with Crippen LogP contribution in [0.1, 0.15) is 6.42 Å². The Hall–Kier alpha value is -2.94. The molecule has 0 bridgehead atoms. The zero-order chi connectivity index (χ0) is 20.9. The molecule has 1 atom stereocenters. The molecule has 156 valence electrons. The summed E-state index contributed by atoms with van der Waals surface area (Å²) >= 11 is 0. The van der Waals surface area contributed by atoms with Crippen molar-refractivity contribution in [3.63, 3.8) is 0 Å². The van der Waals surface area contributed by atoms with Gasteiger partial charge < -0.3 is 24.8 Å². The average molecular weight is 420 g/mol. The molecule has 2 aromatic rings. The lowest BCUT2D eigenvalue weighted by Crippen LogP contribution is -2.39. The fourth-order valence-corrected chi connectivity index (χ4v) is 4.68. The van der Waals surface area contributed by atoms with Crippen molar-refractivity contribution in [2.75, 3.05) is 37.6 Å². The minimum Gasteiger partial charge on any atom is -0.497 e. The van der Waals surface area contributed by atoms with E-state index in [4.69, 9.17) is 14.2 Å². The SMILES string of the molecule is COc1ccc(Oc2cc(NCC(=O)N[C@@H]3CCS(=O)(=O)C3)ccc2OC)cc1. The Kier molecular flexibility index (Phi) is 6.48. The highest BCUT2D eigenvalue weighted by Crippen LogP contribution is 2.34. The predicted octanol–water partition coefficient (Wildman–Crippen LogP) is 2.21. The first kappa shape index (κ1) is 20.8. The van der Waals surface area contributed by atoms with Crippen LogP contribution < -0.4 is 24.8 Å². The quantitative estimate of drug-likeness (QED) is 0.675. The number of ether oxygens (including phenoxy) is 3. The van der Waals surface area contributed by atoms with Gasteiger partial charge >= 0.3 is 0 Å². The van der Waals surface area contributed by atoms with Crippen LogP contribution in [0.3, 0.4) is 0 Å². The maximum Gasteiger partial charge on any atom is 0.239 e. The van der Waals surface area contributed by atoms with Crippen LogP contribution in [0.4, 0.5) is 5.69 Å². The molecule has 1 aliphatic rings. The summed E-state index contributed by atoms with van der Waals surface area (Å²) in [5.74, 6) is 2.23. The van der Waals surface area contributed by atoms with Gasteiger partial charge in [-0.3, -0.25) is 4.79 Å². The van der Waals surface area contributed by atoms with E-state index in [1.165, 1.54) is 0 Å². The fourth-order valence-electron chi connectivity index (χ4n) is 3.01. The van der Waals surface area contributed by atoms with Gasteiger partial charge in [0.15, 0.2) is 21.3 Å². The van der Waals surface area contributed by atoms with E-state index in [1.807, 2.05) is 0 Å². The molecule has 3 rings (SSSR count). The monoisotopic (exact) mass is 420 g/mol. The van der Waals surface area contributed by atoms with Crippen LogP contribution in [0.5, 0.6) is 23.0 Å². The van der Waals surface area contributed by atoms with Gasteiger partial charge in [-0.2, -0.15) is 0 Å². The molecule has 0 radical (unpaired) electrons. The van der Waals surface area contributed by atoms with Gasteiger partial charge in [-0.15, -0.1) is 0 Å². The number of rotatable bonds is 8. The number of carbonyl (C=O) groups is 1. The second kappa shape index (κ2) is 9.04. The van der Waals surface area contributed by atoms with E-state index in [0.717, 1.165) is 5.75 Å². The number of hydrogen-bond donors (Lipinski definition) is 2. The van der Waals surface area contributed by atoms with Gasteiger partial charge in [0.2, 0.25) is 5.91 Å². The van der Waals surface area contributed by atoms with Gasteiger partial charge in [-0.25, -0.2) is 8.42 Å². The highest BCUT2D eigenvalue weighted by molar-refractivity contribution is 7.91. The molecule has 2 aromatic carbocycles. The van der Waals surface area contributed by atoms with Crippen LogP contribution in [0.2, 0.25) is 0 Å². The van der Waals surface area contributed by atoms with E-state index < -0.39 is 9.84 Å². The summed E-state index contributed by atoms with van der Waals surface area (Å²) in [6.07, 6.45) is 0.455. The zero-order valence-corrected chi connectivity index (χ0v) is 17.1. The molecule has 0 saturated carbocycles. The largest absolute Gasteiger partial charge is 0.497 e. The number of nitrogens with one attached hydrogen (secondary N) is 2. The van der Waals surface area contributed by atoms with Crippen LogP contribution in [0.25, 0.3) is 0 Å². The van der Waals surface area contributed by atoms with E-state index in [0.29, 0.717) is 29.4 Å². The average Bonchev–Trinajstić information content (AvgIpc) is 3.05. The van der Waals surface area contributed by atoms with Crippen molar-refractivity contribution >= 4 is 21.4 Å². The van der Waals surface area contributed by atoms with Crippen molar-refractivity contribution in [2.24, 2.45) is 0 Å². The first-order valence-corrected chi connectivity index (χ1v) is 10.9. The summed E-state index contributed by atoms with van der Waals surface area (Å²) in [5, 5.41) is 5.76. The number of sulfone groups is 1. The van der Waals surface area contributed by atoms with Crippen LogP contribution in [0, 0.1) is 0 Å². The molecule has 2 N–H and O–H groups in total. The standard InChI is InChI=1S/C20H24N2O6S/c1-26-16-4-6-17(7-5-16)28-19-11-14(3-8-18(19)27-2)21-12-20(23)22-15-9-10-29(24,25)13-15/h3-8,11,15,21H,9-10,12-13H2,1-2H3,(H,22,23)/t15-/m1/s1. The summed E-state index contributed by atoms with van der Waals surface area (Å²) in [4.78, 5) is 12.1. The van der Waals surface area contributed by atoms with E-state index >= 15 is 0 Å². The Bertz CT molecular complexity index is 959. The Balaban J connectivity index is 1.61. The van der Waals surface area contributed by atoms with E-state index in [1.54, 1.807) is 56.7 Å². The lowest BCUT2D eigenvalue weighted by atomic mass is 10.2. The van der Waals surface area contributed by atoms with Crippen molar-refractivity contribution in [3.05, 3.63) is 42.5 Å². The topological polar surface area (TPSA) is 103 Å². The molecule has 1 aliphatic heterocycles. The Labute approximate surface area is 170 Å². The summed E-state index contributed by atoms with van der Waals surface area (Å²) in [5.41, 5.74) is 0.670. The second-order valence-corrected chi connectivity index (χ2v) is 8.89. The number of amides is 1. The van der Waals surface area contributed by atoms with Crippen molar-refractivity contribution in [1.82, 2.24) is 5.32 Å². The fraction of sp³-hybridized carbons (Fsp3) is 0.350. The number of benzene rings is 2. The molecule has 8 nitrogen and oxygen atoms in total. The number of methoxy groups -OCH3 is 2. The van der Waals surface area contributed by atoms with Crippen molar-refractivity contribution in [3.8, 4) is 23.0 Å². The van der Waals surface area contributed by atoms with Gasteiger partial charge in [-0.1, -0.05) is 0 Å². The van der Waals surface area contributed by atoms with Crippen LogP contribution >= 0.6 is 0 Å². The molecular formula is C20H24N2O6S. The van der Waals surface area contributed by atoms with E-state index in [2.05, 4.69) is 10.6 Å². The van der Waals surface area contributed by atoms with Crippen LogP contribution in [0.15, 0.2) is 42.5 Å². The van der Waals surface area contributed by atoms with E-state index in [9.17, 15) is 13.2 Å². The minimum atomic E-state index is -3.03. The molecule has 1 heterocycles. The lowest BCUT2D eigenvalue weighted by Gasteiger charge is -2.14. The third-order valence-electron chi connectivity index (χ3n) is 4.50. The molecular weight excluding hydrogens is 396 g/mol. The van der Waals surface area contributed by atoms with Gasteiger partial charge in [0.05, 0.1) is 32.3 Å². The van der Waals surface area contributed by atoms with Crippen molar-refractivity contribution < 1.29 is 27.4 Å². The molecule has 0 unspecified atom stereocenters. The Morgan fingerprint density at radius 2 is 1.76 bits per heavy atom. The first-order valence-electron chi connectivity index (χ1n) is 9.12. The molecule has 0 aliphatic carbocycles. The van der Waals surface area contributed by atoms with Crippen molar-refractivity contribution in [2.45, 2.75) is 12.5 Å². The van der Waals surface area contributed by atoms with Crippen LogP contribution in [-0.2, 0) is 14.6 Å². The van der Waals surface area contributed by atoms with Gasteiger partial charge in [0, 0.05) is 17.8 Å². The summed E-state index contributed by atoms with van der Waals surface area (Å²) in [7, 11) is 0.112. The Morgan fingerprint density at radius 3 is 2.38 bits per heavy atom. The normalized spacial score (nSPS) is 17.4. The van der Waals surface area contributed by atoms with Gasteiger partial charge in [-0.05, 0) is 42.8 Å². The van der Waals surface area contributed by atoms with Crippen LogP contribution in [-0.4, -0.2) is 52.6 Å². The number of hydrogen-bond acceptors (Lipinski definition) is 7. The van der Waals surface area contributed by atoms with Crippen molar-refractivity contribution in [1.29, 1.82) is 0 Å². The summed E-state index contributed by atoms with van der Waals surface area (Å²) in [6.45, 7) is 0.0187. The van der Waals surface area contributed by atoms with E-state index in [-0.39, 0.29) is 30.0 Å². The summed E-state index contributed by atoms with van der Waals surface area (Å²) < 4.78 is 39.3. The molecule has 29 heavy (non-hydrogen) atoms. The molecule has 0 aromatic heterocycles. The second-order valence-electron chi connectivity index (χ2n) is 6.66.